The van der Waals surface area contributed by atoms with Gasteiger partial charge in [-0.1, -0.05) is 0 Å². The van der Waals surface area contributed by atoms with Gasteiger partial charge in [-0.05, 0) is 11.6 Å². The number of aromatic nitrogens is 2. The minimum absolute atomic E-state index is 0.103. The Hall–Kier alpha value is -1.36. The lowest BCUT2D eigenvalue weighted by Crippen LogP contribution is -2.28. The molecule has 0 spiro atoms. The highest BCUT2D eigenvalue weighted by molar-refractivity contribution is 6.28. The third-order valence-electron chi connectivity index (χ3n) is 1.45. The summed E-state index contributed by atoms with van der Waals surface area (Å²) < 4.78 is 0. The van der Waals surface area contributed by atoms with Crippen LogP contribution in [-0.4, -0.2) is 22.4 Å². The molecule has 0 aromatic carbocycles. The van der Waals surface area contributed by atoms with Crippen LogP contribution >= 0.6 is 11.6 Å². The van der Waals surface area contributed by atoms with Crippen LogP contribution in [0.3, 0.4) is 0 Å². The Balaban J connectivity index is 2.43. The van der Waals surface area contributed by atoms with Crippen LogP contribution < -0.4 is 10.6 Å². The van der Waals surface area contributed by atoms with Gasteiger partial charge in [-0.3, -0.25) is 4.79 Å². The molecule has 0 saturated heterocycles. The quantitative estimate of drug-likeness (QED) is 0.576. The Labute approximate surface area is 73.2 Å². The first kappa shape index (κ1) is 7.30. The largest absolute Gasteiger partial charge is 0.359 e. The van der Waals surface area contributed by atoms with E-state index in [1.54, 1.807) is 0 Å². The third kappa shape index (κ3) is 1.18. The van der Waals surface area contributed by atoms with E-state index in [2.05, 4.69) is 20.6 Å². The number of amides is 1. The van der Waals surface area contributed by atoms with E-state index < -0.39 is 0 Å². The molecule has 0 unspecified atom stereocenters. The molecular weight excluding hydrogens is 180 g/mol. The minimum atomic E-state index is -0.103. The fourth-order valence-electron chi connectivity index (χ4n) is 0.945. The molecule has 1 aromatic rings. The maximum absolute atomic E-state index is 10.8. The van der Waals surface area contributed by atoms with Crippen molar-refractivity contribution in [2.24, 2.45) is 0 Å². The first-order valence-corrected chi connectivity index (χ1v) is 3.70. The fraction of sp³-hybridized carbons (Fsp3) is 0.167. The van der Waals surface area contributed by atoms with Gasteiger partial charge < -0.3 is 10.6 Å². The van der Waals surface area contributed by atoms with Crippen molar-refractivity contribution in [3.05, 3.63) is 11.5 Å². The summed E-state index contributed by atoms with van der Waals surface area (Å²) in [6, 6.07) is 0. The topological polar surface area (TPSA) is 66.9 Å². The van der Waals surface area contributed by atoms with Crippen molar-refractivity contribution in [2.75, 3.05) is 17.2 Å². The molecule has 1 amide bonds. The number of carbonyl (C=O) groups is 1. The number of rotatable bonds is 0. The van der Waals surface area contributed by atoms with Crippen molar-refractivity contribution in [1.82, 2.24) is 9.97 Å². The van der Waals surface area contributed by atoms with Gasteiger partial charge in [-0.2, -0.15) is 4.98 Å². The molecule has 6 heteroatoms. The van der Waals surface area contributed by atoms with Gasteiger partial charge in [0, 0.05) is 0 Å². The van der Waals surface area contributed by atoms with Crippen molar-refractivity contribution in [3.8, 4) is 0 Å². The highest BCUT2D eigenvalue weighted by atomic mass is 35.5. The lowest BCUT2D eigenvalue weighted by atomic mass is 10.3. The van der Waals surface area contributed by atoms with Crippen LogP contribution in [0.15, 0.2) is 6.20 Å². The molecule has 0 aliphatic carbocycles. The van der Waals surface area contributed by atoms with Crippen LogP contribution in [0.5, 0.6) is 0 Å². The summed E-state index contributed by atoms with van der Waals surface area (Å²) in [5.41, 5.74) is 0.565. The number of hydrogen-bond donors (Lipinski definition) is 2. The first-order chi connectivity index (χ1) is 5.75. The Morgan fingerprint density at radius 2 is 2.42 bits per heavy atom. The zero-order valence-corrected chi connectivity index (χ0v) is 6.72. The molecule has 0 fully saturated rings. The van der Waals surface area contributed by atoms with E-state index in [0.717, 1.165) is 0 Å². The van der Waals surface area contributed by atoms with Crippen LogP contribution in [0.1, 0.15) is 0 Å². The smallest absolute Gasteiger partial charge is 0.243 e. The zero-order valence-electron chi connectivity index (χ0n) is 5.97. The van der Waals surface area contributed by atoms with E-state index in [9.17, 15) is 4.79 Å². The molecule has 2 N–H and O–H groups in total. The van der Waals surface area contributed by atoms with Crippen molar-refractivity contribution >= 4 is 29.0 Å². The monoisotopic (exact) mass is 184 g/mol. The maximum atomic E-state index is 10.8. The predicted molar refractivity (Wildman–Crippen MR) is 44.2 cm³/mol. The van der Waals surface area contributed by atoms with Crippen LogP contribution in [0.25, 0.3) is 0 Å². The van der Waals surface area contributed by atoms with E-state index in [1.165, 1.54) is 6.20 Å². The number of fused-ring (bicyclic) bond motifs is 1. The molecule has 1 aliphatic rings. The Morgan fingerprint density at radius 1 is 1.58 bits per heavy atom. The van der Waals surface area contributed by atoms with Gasteiger partial charge in [0.05, 0.1) is 12.7 Å². The van der Waals surface area contributed by atoms with Crippen molar-refractivity contribution in [2.45, 2.75) is 0 Å². The minimum Gasteiger partial charge on any atom is -0.359 e. The average molecular weight is 185 g/mol. The van der Waals surface area contributed by atoms with E-state index >= 15 is 0 Å². The van der Waals surface area contributed by atoms with Gasteiger partial charge in [0.1, 0.15) is 5.69 Å². The number of nitrogens with zero attached hydrogens (tertiary/aromatic N) is 2. The van der Waals surface area contributed by atoms with Gasteiger partial charge in [-0.25, -0.2) is 4.98 Å². The standard InChI is InChI=1S/C6H5ClN4O/c7-6-9-1-3-5(11-6)8-2-4(12)10-3/h1H,2H2,(H,10,12)(H,8,9,11). The Morgan fingerprint density at radius 3 is 3.25 bits per heavy atom. The molecule has 0 bridgehead atoms. The van der Waals surface area contributed by atoms with E-state index in [0.29, 0.717) is 11.5 Å². The maximum Gasteiger partial charge on any atom is 0.243 e. The van der Waals surface area contributed by atoms with Crippen LogP contribution in [0, 0.1) is 0 Å². The number of carbonyl (C=O) groups excluding carboxylic acids is 1. The predicted octanol–water partition coefficient (Wildman–Crippen LogP) is 0.494. The average Bonchev–Trinajstić information content (AvgIpc) is 2.05. The number of hydrogen-bond acceptors (Lipinski definition) is 4. The van der Waals surface area contributed by atoms with Crippen molar-refractivity contribution in [1.29, 1.82) is 0 Å². The molecule has 2 heterocycles. The van der Waals surface area contributed by atoms with Crippen LogP contribution in [0.4, 0.5) is 11.5 Å². The number of halogens is 1. The Bertz CT molecular complexity index is 340. The van der Waals surface area contributed by atoms with Gasteiger partial charge in [0.25, 0.3) is 0 Å². The van der Waals surface area contributed by atoms with E-state index in [-0.39, 0.29) is 17.7 Å². The first-order valence-electron chi connectivity index (χ1n) is 3.32. The number of nitrogens with one attached hydrogen (secondary N) is 2. The molecule has 1 aromatic heterocycles. The molecular formula is C6H5ClN4O. The van der Waals surface area contributed by atoms with E-state index in [1.807, 2.05) is 0 Å². The summed E-state index contributed by atoms with van der Waals surface area (Å²) in [5, 5.41) is 5.57. The summed E-state index contributed by atoms with van der Waals surface area (Å²) in [4.78, 5) is 18.5. The molecule has 2 rings (SSSR count). The molecule has 0 saturated carbocycles. The summed E-state index contributed by atoms with van der Waals surface area (Å²) in [7, 11) is 0. The highest BCUT2D eigenvalue weighted by Gasteiger charge is 2.15. The zero-order chi connectivity index (χ0) is 8.55. The SMILES string of the molecule is O=C1CNc2nc(Cl)ncc2N1. The van der Waals surface area contributed by atoms with Gasteiger partial charge in [0.15, 0.2) is 5.82 Å². The Kier molecular flexibility index (Phi) is 1.58. The molecule has 12 heavy (non-hydrogen) atoms. The summed E-state index contributed by atoms with van der Waals surface area (Å²) >= 11 is 5.54. The summed E-state index contributed by atoms with van der Waals surface area (Å²) in [6.45, 7) is 0.223. The van der Waals surface area contributed by atoms with Crippen LogP contribution in [0.2, 0.25) is 5.28 Å². The highest BCUT2D eigenvalue weighted by Crippen LogP contribution is 2.21. The fourth-order valence-corrected chi connectivity index (χ4v) is 1.08. The molecule has 62 valence electrons. The normalized spacial score (nSPS) is 14.6. The van der Waals surface area contributed by atoms with Gasteiger partial charge >= 0.3 is 0 Å². The van der Waals surface area contributed by atoms with Crippen LogP contribution in [-0.2, 0) is 4.79 Å². The second kappa shape index (κ2) is 2.60. The lowest BCUT2D eigenvalue weighted by molar-refractivity contribution is -0.114. The number of anilines is 2. The second-order valence-electron chi connectivity index (χ2n) is 2.30. The molecule has 1 aliphatic heterocycles. The molecule has 0 radical (unpaired) electrons. The van der Waals surface area contributed by atoms with Crippen molar-refractivity contribution in [3.63, 3.8) is 0 Å². The second-order valence-corrected chi connectivity index (χ2v) is 2.64. The van der Waals surface area contributed by atoms with E-state index in [4.69, 9.17) is 11.6 Å². The summed E-state index contributed by atoms with van der Waals surface area (Å²) in [6.07, 6.45) is 1.47. The molecule has 0 atom stereocenters. The van der Waals surface area contributed by atoms with Crippen molar-refractivity contribution < 1.29 is 4.79 Å². The summed E-state index contributed by atoms with van der Waals surface area (Å²) in [5.74, 6) is 0.461. The molecule has 5 nitrogen and oxygen atoms in total. The lowest BCUT2D eigenvalue weighted by Gasteiger charge is -2.16. The van der Waals surface area contributed by atoms with Gasteiger partial charge in [0.2, 0.25) is 11.2 Å². The third-order valence-corrected chi connectivity index (χ3v) is 1.63. The van der Waals surface area contributed by atoms with Gasteiger partial charge in [-0.15, -0.1) is 0 Å².